The number of aromatic nitrogens is 2. The molecule has 0 aliphatic rings. The minimum atomic E-state index is 0.416. The molecule has 0 saturated carbocycles. The summed E-state index contributed by atoms with van der Waals surface area (Å²) in [7, 11) is 3.58. The van der Waals surface area contributed by atoms with Crippen LogP contribution in [0.15, 0.2) is 28.9 Å². The molecule has 0 saturated heterocycles. The summed E-state index contributed by atoms with van der Waals surface area (Å²) >= 11 is 3.53. The van der Waals surface area contributed by atoms with Gasteiger partial charge in [-0.1, -0.05) is 12.1 Å². The molecule has 2 N–H and O–H groups in total. The standard InChI is InChI=1S/C12H14BrN3O/c1-16-10(7-14)15-11(12(16)13)8-4-3-5-9(6-8)17-2/h3-6H,7,14H2,1-2H3. The minimum Gasteiger partial charge on any atom is -0.497 e. The molecule has 90 valence electrons. The predicted molar refractivity (Wildman–Crippen MR) is 70.8 cm³/mol. The van der Waals surface area contributed by atoms with Crippen LogP contribution in [0, 0.1) is 0 Å². The summed E-state index contributed by atoms with van der Waals surface area (Å²) in [6.45, 7) is 0.416. The average molecular weight is 296 g/mol. The summed E-state index contributed by atoms with van der Waals surface area (Å²) < 4.78 is 8.07. The summed E-state index contributed by atoms with van der Waals surface area (Å²) in [5.41, 5.74) is 7.53. The first-order chi connectivity index (χ1) is 8.17. The van der Waals surface area contributed by atoms with E-state index in [-0.39, 0.29) is 0 Å². The quantitative estimate of drug-likeness (QED) is 0.945. The van der Waals surface area contributed by atoms with Gasteiger partial charge in [-0.05, 0) is 28.1 Å². The zero-order valence-corrected chi connectivity index (χ0v) is 11.4. The summed E-state index contributed by atoms with van der Waals surface area (Å²) in [6.07, 6.45) is 0. The Kier molecular flexibility index (Phi) is 3.49. The molecule has 5 heteroatoms. The summed E-state index contributed by atoms with van der Waals surface area (Å²) in [4.78, 5) is 4.51. The van der Waals surface area contributed by atoms with E-state index in [0.717, 1.165) is 27.4 Å². The fourth-order valence-corrected chi connectivity index (χ4v) is 2.18. The molecule has 1 heterocycles. The molecule has 1 aromatic heterocycles. The molecule has 0 aliphatic heterocycles. The van der Waals surface area contributed by atoms with E-state index in [1.54, 1.807) is 7.11 Å². The van der Waals surface area contributed by atoms with Crippen LogP contribution in [-0.2, 0) is 13.6 Å². The van der Waals surface area contributed by atoms with Gasteiger partial charge in [-0.15, -0.1) is 0 Å². The molecule has 0 radical (unpaired) electrons. The van der Waals surface area contributed by atoms with E-state index in [4.69, 9.17) is 10.5 Å². The highest BCUT2D eigenvalue weighted by molar-refractivity contribution is 9.10. The number of benzene rings is 1. The van der Waals surface area contributed by atoms with Crippen molar-refractivity contribution in [3.05, 3.63) is 34.7 Å². The van der Waals surface area contributed by atoms with Gasteiger partial charge in [0.15, 0.2) is 0 Å². The lowest BCUT2D eigenvalue weighted by Gasteiger charge is -2.02. The predicted octanol–water partition coefficient (Wildman–Crippen LogP) is 2.32. The van der Waals surface area contributed by atoms with Crippen LogP contribution in [0.25, 0.3) is 11.3 Å². The number of nitrogens with zero attached hydrogens (tertiary/aromatic N) is 2. The highest BCUT2D eigenvalue weighted by Gasteiger charge is 2.13. The Balaban J connectivity index is 2.52. The van der Waals surface area contributed by atoms with E-state index >= 15 is 0 Å². The maximum absolute atomic E-state index is 5.64. The van der Waals surface area contributed by atoms with Crippen LogP contribution in [0.3, 0.4) is 0 Å². The van der Waals surface area contributed by atoms with Crippen LogP contribution < -0.4 is 10.5 Å². The first-order valence-corrected chi connectivity index (χ1v) is 6.02. The molecule has 2 rings (SSSR count). The number of ether oxygens (including phenoxy) is 1. The SMILES string of the molecule is COc1cccc(-c2nc(CN)n(C)c2Br)c1. The lowest BCUT2D eigenvalue weighted by atomic mass is 10.1. The van der Waals surface area contributed by atoms with Gasteiger partial charge in [-0.25, -0.2) is 4.98 Å². The third-order valence-electron chi connectivity index (χ3n) is 2.64. The van der Waals surface area contributed by atoms with Crippen LogP contribution >= 0.6 is 15.9 Å². The van der Waals surface area contributed by atoms with Crippen molar-refractivity contribution < 1.29 is 4.74 Å². The first kappa shape index (κ1) is 12.1. The van der Waals surface area contributed by atoms with Crippen molar-refractivity contribution in [3.63, 3.8) is 0 Å². The van der Waals surface area contributed by atoms with Crippen LogP contribution in [-0.4, -0.2) is 16.7 Å². The van der Waals surface area contributed by atoms with E-state index in [1.165, 1.54) is 0 Å². The molecule has 0 bridgehead atoms. The molecule has 0 spiro atoms. The molecular formula is C12H14BrN3O. The van der Waals surface area contributed by atoms with Crippen molar-refractivity contribution in [2.75, 3.05) is 7.11 Å². The molecule has 0 amide bonds. The monoisotopic (exact) mass is 295 g/mol. The number of hydrogen-bond donors (Lipinski definition) is 1. The maximum atomic E-state index is 5.64. The molecular weight excluding hydrogens is 282 g/mol. The van der Waals surface area contributed by atoms with E-state index < -0.39 is 0 Å². The van der Waals surface area contributed by atoms with E-state index in [1.807, 2.05) is 35.9 Å². The van der Waals surface area contributed by atoms with Gasteiger partial charge < -0.3 is 15.0 Å². The van der Waals surface area contributed by atoms with Crippen molar-refractivity contribution >= 4 is 15.9 Å². The molecule has 2 aromatic rings. The van der Waals surface area contributed by atoms with E-state index in [0.29, 0.717) is 6.54 Å². The molecule has 0 aliphatic carbocycles. The number of halogens is 1. The van der Waals surface area contributed by atoms with Crippen molar-refractivity contribution in [2.45, 2.75) is 6.54 Å². The van der Waals surface area contributed by atoms with Crippen LogP contribution in [0.2, 0.25) is 0 Å². The number of imidazole rings is 1. The lowest BCUT2D eigenvalue weighted by Crippen LogP contribution is -2.04. The Labute approximate surface area is 109 Å². The zero-order chi connectivity index (χ0) is 12.4. The molecule has 0 fully saturated rings. The van der Waals surface area contributed by atoms with Crippen LogP contribution in [0.5, 0.6) is 5.75 Å². The second-order valence-electron chi connectivity index (χ2n) is 3.66. The molecule has 0 unspecified atom stereocenters. The third kappa shape index (κ3) is 2.21. The van der Waals surface area contributed by atoms with Gasteiger partial charge in [0.2, 0.25) is 0 Å². The lowest BCUT2D eigenvalue weighted by molar-refractivity contribution is 0.415. The van der Waals surface area contributed by atoms with Gasteiger partial charge in [0.05, 0.1) is 13.7 Å². The van der Waals surface area contributed by atoms with Gasteiger partial charge in [-0.3, -0.25) is 0 Å². The fourth-order valence-electron chi connectivity index (χ4n) is 1.66. The number of hydrogen-bond acceptors (Lipinski definition) is 3. The topological polar surface area (TPSA) is 53.1 Å². The molecule has 1 aromatic carbocycles. The van der Waals surface area contributed by atoms with Crippen molar-refractivity contribution in [2.24, 2.45) is 12.8 Å². The van der Waals surface area contributed by atoms with Gasteiger partial charge in [-0.2, -0.15) is 0 Å². The van der Waals surface area contributed by atoms with Gasteiger partial charge in [0.1, 0.15) is 21.9 Å². The summed E-state index contributed by atoms with van der Waals surface area (Å²) in [5, 5.41) is 0. The van der Waals surface area contributed by atoms with Crippen LogP contribution in [0.1, 0.15) is 5.82 Å². The number of nitrogens with two attached hydrogens (primary N) is 1. The highest BCUT2D eigenvalue weighted by Crippen LogP contribution is 2.30. The van der Waals surface area contributed by atoms with Gasteiger partial charge in [0, 0.05) is 12.6 Å². The number of methoxy groups -OCH3 is 1. The van der Waals surface area contributed by atoms with E-state index in [9.17, 15) is 0 Å². The summed E-state index contributed by atoms with van der Waals surface area (Å²) in [6, 6.07) is 7.80. The first-order valence-electron chi connectivity index (χ1n) is 5.23. The zero-order valence-electron chi connectivity index (χ0n) is 9.77. The largest absolute Gasteiger partial charge is 0.497 e. The maximum Gasteiger partial charge on any atom is 0.123 e. The average Bonchev–Trinajstić information content (AvgIpc) is 2.66. The number of rotatable bonds is 3. The van der Waals surface area contributed by atoms with Gasteiger partial charge >= 0.3 is 0 Å². The molecule has 4 nitrogen and oxygen atoms in total. The highest BCUT2D eigenvalue weighted by atomic mass is 79.9. The Hall–Kier alpha value is -1.33. The van der Waals surface area contributed by atoms with Gasteiger partial charge in [0.25, 0.3) is 0 Å². The molecule has 0 atom stereocenters. The Bertz CT molecular complexity index is 537. The van der Waals surface area contributed by atoms with Crippen molar-refractivity contribution in [3.8, 4) is 17.0 Å². The smallest absolute Gasteiger partial charge is 0.123 e. The Morgan fingerprint density at radius 1 is 1.47 bits per heavy atom. The molecule has 17 heavy (non-hydrogen) atoms. The minimum absolute atomic E-state index is 0.416. The second-order valence-corrected chi connectivity index (χ2v) is 4.41. The fraction of sp³-hybridized carbons (Fsp3) is 0.250. The van der Waals surface area contributed by atoms with E-state index in [2.05, 4.69) is 20.9 Å². The summed E-state index contributed by atoms with van der Waals surface area (Å²) in [5.74, 6) is 1.66. The normalized spacial score (nSPS) is 10.6. The Morgan fingerprint density at radius 3 is 2.82 bits per heavy atom. The third-order valence-corrected chi connectivity index (χ3v) is 3.55. The van der Waals surface area contributed by atoms with Crippen molar-refractivity contribution in [1.29, 1.82) is 0 Å². The van der Waals surface area contributed by atoms with Crippen LogP contribution in [0.4, 0.5) is 0 Å². The van der Waals surface area contributed by atoms with Crippen molar-refractivity contribution in [1.82, 2.24) is 9.55 Å². The second kappa shape index (κ2) is 4.89. The Morgan fingerprint density at radius 2 is 2.24 bits per heavy atom.